The molecule has 1 heterocycles. The zero-order chi connectivity index (χ0) is 19.6. The van der Waals surface area contributed by atoms with E-state index >= 15 is 0 Å². The molecular formula is C18H15ClFN3O4. The number of hydrogen-bond donors (Lipinski definition) is 0. The summed E-state index contributed by atoms with van der Waals surface area (Å²) in [5.41, 5.74) is 0.0274. The fourth-order valence-corrected chi connectivity index (χ4v) is 3.04. The van der Waals surface area contributed by atoms with Gasteiger partial charge in [-0.05, 0) is 42.8 Å². The summed E-state index contributed by atoms with van der Waals surface area (Å²) in [6, 6.07) is 8.97. The zero-order valence-electron chi connectivity index (χ0n) is 14.1. The fraction of sp³-hybridized carbons (Fsp3) is 0.222. The number of rotatable bonds is 5. The monoisotopic (exact) mass is 391 g/mol. The third kappa shape index (κ3) is 4.06. The van der Waals surface area contributed by atoms with E-state index in [2.05, 4.69) is 0 Å². The van der Waals surface area contributed by atoms with Crippen molar-refractivity contribution in [3.8, 4) is 0 Å². The first kappa shape index (κ1) is 18.8. The van der Waals surface area contributed by atoms with Gasteiger partial charge in [-0.25, -0.2) is 4.39 Å². The summed E-state index contributed by atoms with van der Waals surface area (Å²) in [5, 5.41) is 11.0. The SMILES string of the molecule is O=C1CCCN1CN(C(=O)c1ccc(Cl)c([N+](=O)[O-])c1)c1ccc(F)cc1. The van der Waals surface area contributed by atoms with Crippen LogP contribution in [-0.4, -0.2) is 34.9 Å². The standard InChI is InChI=1S/C18H15ClFN3O4/c19-15-8-3-12(10-16(15)23(26)27)18(25)22(11-21-9-1-2-17(21)24)14-6-4-13(20)5-7-14/h3-8,10H,1-2,9,11H2. The molecule has 0 N–H and O–H groups in total. The molecule has 0 atom stereocenters. The van der Waals surface area contributed by atoms with Crippen LogP contribution in [0.4, 0.5) is 15.8 Å². The Hall–Kier alpha value is -3.00. The normalized spacial score (nSPS) is 13.7. The van der Waals surface area contributed by atoms with E-state index in [-0.39, 0.29) is 28.8 Å². The molecule has 140 valence electrons. The molecule has 1 aliphatic rings. The second-order valence-corrected chi connectivity index (χ2v) is 6.44. The first-order valence-electron chi connectivity index (χ1n) is 8.16. The molecule has 0 aliphatic carbocycles. The molecule has 2 aromatic carbocycles. The van der Waals surface area contributed by atoms with Gasteiger partial charge in [0.15, 0.2) is 0 Å². The second-order valence-electron chi connectivity index (χ2n) is 6.04. The quantitative estimate of drug-likeness (QED) is 0.575. The summed E-state index contributed by atoms with van der Waals surface area (Å²) >= 11 is 5.81. The van der Waals surface area contributed by atoms with Crippen molar-refractivity contribution in [2.24, 2.45) is 0 Å². The summed E-state index contributed by atoms with van der Waals surface area (Å²) in [6.07, 6.45) is 1.09. The van der Waals surface area contributed by atoms with Gasteiger partial charge in [0.2, 0.25) is 5.91 Å². The minimum Gasteiger partial charge on any atom is -0.324 e. The van der Waals surface area contributed by atoms with Crippen molar-refractivity contribution in [1.82, 2.24) is 4.90 Å². The van der Waals surface area contributed by atoms with Gasteiger partial charge >= 0.3 is 0 Å². The first-order chi connectivity index (χ1) is 12.9. The van der Waals surface area contributed by atoms with E-state index in [9.17, 15) is 24.1 Å². The Morgan fingerprint density at radius 1 is 1.26 bits per heavy atom. The van der Waals surface area contributed by atoms with E-state index in [0.717, 1.165) is 6.07 Å². The lowest BCUT2D eigenvalue weighted by Gasteiger charge is -2.28. The highest BCUT2D eigenvalue weighted by atomic mass is 35.5. The van der Waals surface area contributed by atoms with Gasteiger partial charge in [0.1, 0.15) is 17.5 Å². The molecule has 0 unspecified atom stereocenters. The Morgan fingerprint density at radius 3 is 2.56 bits per heavy atom. The summed E-state index contributed by atoms with van der Waals surface area (Å²) < 4.78 is 13.3. The van der Waals surface area contributed by atoms with E-state index in [1.165, 1.54) is 46.2 Å². The third-order valence-corrected chi connectivity index (χ3v) is 4.58. The predicted molar refractivity (Wildman–Crippen MR) is 97.1 cm³/mol. The molecule has 3 rings (SSSR count). The number of nitrogens with zero attached hydrogens (tertiary/aromatic N) is 3. The molecule has 1 saturated heterocycles. The van der Waals surface area contributed by atoms with Gasteiger partial charge < -0.3 is 4.90 Å². The number of hydrogen-bond acceptors (Lipinski definition) is 4. The molecule has 2 amide bonds. The zero-order valence-corrected chi connectivity index (χ0v) is 14.9. The summed E-state index contributed by atoms with van der Waals surface area (Å²) in [6.45, 7) is 0.476. The summed E-state index contributed by atoms with van der Waals surface area (Å²) in [4.78, 5) is 38.2. The number of likely N-dealkylation sites (tertiary alicyclic amines) is 1. The van der Waals surface area contributed by atoms with Gasteiger partial charge in [0.25, 0.3) is 11.6 Å². The number of anilines is 1. The number of nitro groups is 1. The smallest absolute Gasteiger partial charge is 0.288 e. The highest BCUT2D eigenvalue weighted by Gasteiger charge is 2.27. The van der Waals surface area contributed by atoms with E-state index < -0.39 is 16.6 Å². The molecule has 9 heteroatoms. The molecule has 27 heavy (non-hydrogen) atoms. The van der Waals surface area contributed by atoms with Crippen molar-refractivity contribution >= 4 is 34.8 Å². The molecule has 0 spiro atoms. The van der Waals surface area contributed by atoms with Crippen LogP contribution in [0.3, 0.4) is 0 Å². The van der Waals surface area contributed by atoms with Gasteiger partial charge in [0, 0.05) is 30.3 Å². The fourth-order valence-electron chi connectivity index (χ4n) is 2.85. The van der Waals surface area contributed by atoms with Crippen LogP contribution in [0.2, 0.25) is 5.02 Å². The number of amides is 2. The number of halogens is 2. The number of benzene rings is 2. The Labute approximate surface area is 159 Å². The summed E-state index contributed by atoms with van der Waals surface area (Å²) in [5.74, 6) is -1.11. The second kappa shape index (κ2) is 7.71. The lowest BCUT2D eigenvalue weighted by Crippen LogP contribution is -2.42. The van der Waals surface area contributed by atoms with Crippen LogP contribution in [0.1, 0.15) is 23.2 Å². The van der Waals surface area contributed by atoms with Gasteiger partial charge in [-0.1, -0.05) is 11.6 Å². The van der Waals surface area contributed by atoms with E-state index in [1.807, 2.05) is 0 Å². The largest absolute Gasteiger partial charge is 0.324 e. The molecule has 2 aromatic rings. The van der Waals surface area contributed by atoms with Crippen molar-refractivity contribution in [2.75, 3.05) is 18.1 Å². The highest BCUT2D eigenvalue weighted by Crippen LogP contribution is 2.27. The van der Waals surface area contributed by atoms with Crippen molar-refractivity contribution in [1.29, 1.82) is 0 Å². The lowest BCUT2D eigenvalue weighted by atomic mass is 10.1. The Bertz CT molecular complexity index is 904. The predicted octanol–water partition coefficient (Wildman–Crippen LogP) is 3.61. The van der Waals surface area contributed by atoms with Gasteiger partial charge in [-0.2, -0.15) is 0 Å². The average molecular weight is 392 g/mol. The van der Waals surface area contributed by atoms with Crippen molar-refractivity contribution < 1.29 is 18.9 Å². The first-order valence-corrected chi connectivity index (χ1v) is 8.54. The van der Waals surface area contributed by atoms with Gasteiger partial charge in [-0.15, -0.1) is 0 Å². The maximum absolute atomic E-state index is 13.3. The van der Waals surface area contributed by atoms with Crippen LogP contribution in [0.15, 0.2) is 42.5 Å². The van der Waals surface area contributed by atoms with Crippen molar-refractivity contribution in [3.63, 3.8) is 0 Å². The minimum absolute atomic E-state index is 0.0281. The van der Waals surface area contributed by atoms with Crippen molar-refractivity contribution in [2.45, 2.75) is 12.8 Å². The molecule has 0 aromatic heterocycles. The number of nitro benzene ring substituents is 1. The molecule has 1 fully saturated rings. The van der Waals surface area contributed by atoms with Crippen LogP contribution in [0, 0.1) is 15.9 Å². The van der Waals surface area contributed by atoms with Crippen LogP contribution in [0.25, 0.3) is 0 Å². The Morgan fingerprint density at radius 2 is 1.96 bits per heavy atom. The van der Waals surface area contributed by atoms with Crippen LogP contribution in [0.5, 0.6) is 0 Å². The lowest BCUT2D eigenvalue weighted by molar-refractivity contribution is -0.384. The maximum Gasteiger partial charge on any atom is 0.288 e. The van der Waals surface area contributed by atoms with Crippen LogP contribution >= 0.6 is 11.6 Å². The molecule has 0 saturated carbocycles. The van der Waals surface area contributed by atoms with Crippen molar-refractivity contribution in [3.05, 3.63) is 69.0 Å². The highest BCUT2D eigenvalue weighted by molar-refractivity contribution is 6.32. The molecule has 7 nitrogen and oxygen atoms in total. The van der Waals surface area contributed by atoms with E-state index in [4.69, 9.17) is 11.6 Å². The molecule has 0 bridgehead atoms. The Balaban J connectivity index is 1.97. The summed E-state index contributed by atoms with van der Waals surface area (Å²) in [7, 11) is 0. The Kier molecular flexibility index (Phi) is 5.36. The van der Waals surface area contributed by atoms with E-state index in [0.29, 0.717) is 25.1 Å². The molecule has 0 radical (unpaired) electrons. The van der Waals surface area contributed by atoms with E-state index in [1.54, 1.807) is 0 Å². The minimum atomic E-state index is -0.675. The average Bonchev–Trinajstić information content (AvgIpc) is 3.05. The topological polar surface area (TPSA) is 83.8 Å². The van der Waals surface area contributed by atoms with Gasteiger partial charge in [0.05, 0.1) is 4.92 Å². The van der Waals surface area contributed by atoms with Crippen LogP contribution in [-0.2, 0) is 4.79 Å². The maximum atomic E-state index is 13.3. The van der Waals surface area contributed by atoms with Crippen LogP contribution < -0.4 is 4.90 Å². The van der Waals surface area contributed by atoms with Gasteiger partial charge in [-0.3, -0.25) is 24.6 Å². The number of carbonyl (C=O) groups excluding carboxylic acids is 2. The molecular weight excluding hydrogens is 377 g/mol. The molecule has 1 aliphatic heterocycles. The number of carbonyl (C=O) groups is 2. The third-order valence-electron chi connectivity index (χ3n) is 4.26.